The molecule has 0 aliphatic rings. The number of benzene rings is 1. The molecule has 0 unspecified atom stereocenters. The van der Waals surface area contributed by atoms with E-state index in [1.165, 1.54) is 5.56 Å². The molecule has 0 aliphatic heterocycles. The molecule has 0 radical (unpaired) electrons. The first-order valence-corrected chi connectivity index (χ1v) is 7.91. The highest BCUT2D eigenvalue weighted by Gasteiger charge is 2.46. The third-order valence-electron chi connectivity index (χ3n) is 3.50. The molecule has 1 aromatic carbocycles. The van der Waals surface area contributed by atoms with Gasteiger partial charge >= 0.3 is 8.56 Å². The second kappa shape index (κ2) is 5.12. The molecule has 0 N–H and O–H groups in total. The molecular formula is C13H22O2Si. The summed E-state index contributed by atoms with van der Waals surface area (Å²) in [6.45, 7) is 6.56. The molecule has 1 rings (SSSR count). The Morgan fingerprint density at radius 1 is 1.06 bits per heavy atom. The second-order valence-electron chi connectivity index (χ2n) is 4.90. The van der Waals surface area contributed by atoms with Gasteiger partial charge < -0.3 is 8.85 Å². The van der Waals surface area contributed by atoms with Crippen molar-refractivity contribution in [2.75, 3.05) is 14.2 Å². The van der Waals surface area contributed by atoms with E-state index in [1.807, 2.05) is 6.07 Å². The third-order valence-corrected chi connectivity index (χ3v) is 7.69. The van der Waals surface area contributed by atoms with Gasteiger partial charge in [-0.2, -0.15) is 0 Å². The van der Waals surface area contributed by atoms with Crippen LogP contribution in [0.25, 0.3) is 0 Å². The van der Waals surface area contributed by atoms with E-state index in [4.69, 9.17) is 8.85 Å². The molecule has 16 heavy (non-hydrogen) atoms. The van der Waals surface area contributed by atoms with E-state index >= 15 is 0 Å². The van der Waals surface area contributed by atoms with Gasteiger partial charge in [0.05, 0.1) is 0 Å². The second-order valence-corrected chi connectivity index (χ2v) is 8.96. The van der Waals surface area contributed by atoms with Gasteiger partial charge in [-0.05, 0) is 18.5 Å². The topological polar surface area (TPSA) is 18.5 Å². The van der Waals surface area contributed by atoms with Crippen LogP contribution < -0.4 is 0 Å². The van der Waals surface area contributed by atoms with Gasteiger partial charge in [-0.15, -0.1) is 0 Å². The van der Waals surface area contributed by atoms with Crippen LogP contribution in [0.5, 0.6) is 0 Å². The van der Waals surface area contributed by atoms with Crippen LogP contribution in [0.15, 0.2) is 30.3 Å². The third kappa shape index (κ3) is 2.73. The smallest absolute Gasteiger partial charge is 0.340 e. The molecule has 0 bridgehead atoms. The van der Waals surface area contributed by atoms with E-state index in [0.717, 1.165) is 6.42 Å². The van der Waals surface area contributed by atoms with Crippen LogP contribution in [0.3, 0.4) is 0 Å². The standard InChI is InChI=1S/C13H22O2Si/c1-13(2,16(5,14-3)15-4)11-12-9-7-6-8-10-12/h6-10H,11H2,1-5H3. The van der Waals surface area contributed by atoms with Crippen molar-refractivity contribution in [1.29, 1.82) is 0 Å². The first kappa shape index (κ1) is 13.4. The molecule has 0 amide bonds. The van der Waals surface area contributed by atoms with Gasteiger partial charge in [-0.25, -0.2) is 0 Å². The first-order valence-electron chi connectivity index (χ1n) is 5.59. The molecule has 0 atom stereocenters. The first-order chi connectivity index (χ1) is 7.45. The van der Waals surface area contributed by atoms with Gasteiger partial charge in [-0.3, -0.25) is 0 Å². The number of hydrogen-bond acceptors (Lipinski definition) is 2. The fraction of sp³-hybridized carbons (Fsp3) is 0.538. The van der Waals surface area contributed by atoms with Gasteiger partial charge in [-0.1, -0.05) is 44.2 Å². The van der Waals surface area contributed by atoms with Crippen LogP contribution in [0.2, 0.25) is 11.6 Å². The Morgan fingerprint density at radius 3 is 2.00 bits per heavy atom. The molecule has 0 aliphatic carbocycles. The molecular weight excluding hydrogens is 216 g/mol. The van der Waals surface area contributed by atoms with Crippen LogP contribution in [-0.4, -0.2) is 22.8 Å². The Morgan fingerprint density at radius 2 is 1.56 bits per heavy atom. The lowest BCUT2D eigenvalue weighted by Crippen LogP contribution is -2.48. The molecule has 0 fully saturated rings. The zero-order chi connectivity index (χ0) is 12.2. The normalized spacial score (nSPS) is 12.8. The minimum absolute atomic E-state index is 0.0534. The molecule has 0 saturated carbocycles. The summed E-state index contributed by atoms with van der Waals surface area (Å²) in [5.41, 5.74) is 1.33. The average Bonchev–Trinajstić information content (AvgIpc) is 2.28. The molecule has 1 aromatic rings. The van der Waals surface area contributed by atoms with Crippen LogP contribution in [0, 0.1) is 0 Å². The van der Waals surface area contributed by atoms with E-state index in [-0.39, 0.29) is 5.04 Å². The summed E-state index contributed by atoms with van der Waals surface area (Å²) in [6.07, 6.45) is 0.984. The Bertz CT molecular complexity index is 318. The summed E-state index contributed by atoms with van der Waals surface area (Å²) in [5.74, 6) is 0. The van der Waals surface area contributed by atoms with Gasteiger partial charge in [0.15, 0.2) is 0 Å². The maximum absolute atomic E-state index is 5.64. The maximum Gasteiger partial charge on any atom is 0.340 e. The van der Waals surface area contributed by atoms with Crippen molar-refractivity contribution in [2.45, 2.75) is 31.9 Å². The van der Waals surface area contributed by atoms with Crippen molar-refractivity contribution in [3.05, 3.63) is 35.9 Å². The molecule has 0 aromatic heterocycles. The van der Waals surface area contributed by atoms with Crippen LogP contribution in [0.1, 0.15) is 19.4 Å². The quantitative estimate of drug-likeness (QED) is 0.732. The highest BCUT2D eigenvalue weighted by atomic mass is 28.4. The zero-order valence-electron chi connectivity index (χ0n) is 10.9. The highest BCUT2D eigenvalue weighted by Crippen LogP contribution is 2.40. The van der Waals surface area contributed by atoms with E-state index in [2.05, 4.69) is 44.7 Å². The van der Waals surface area contributed by atoms with E-state index in [1.54, 1.807) is 14.2 Å². The molecule has 0 spiro atoms. The maximum atomic E-state index is 5.64. The minimum atomic E-state index is -2.11. The predicted octanol–water partition coefficient (Wildman–Crippen LogP) is 3.37. The molecule has 0 heterocycles. The number of rotatable bonds is 5. The molecule has 90 valence electrons. The Labute approximate surface area is 99.8 Å². The van der Waals surface area contributed by atoms with Crippen LogP contribution >= 0.6 is 0 Å². The molecule has 3 heteroatoms. The highest BCUT2D eigenvalue weighted by molar-refractivity contribution is 6.69. The van der Waals surface area contributed by atoms with Gasteiger partial charge in [0.2, 0.25) is 0 Å². The summed E-state index contributed by atoms with van der Waals surface area (Å²) in [6, 6.07) is 10.5. The van der Waals surface area contributed by atoms with Crippen molar-refractivity contribution < 1.29 is 8.85 Å². The lowest BCUT2D eigenvalue weighted by Gasteiger charge is -2.38. The Kier molecular flexibility index (Phi) is 4.30. The SMILES string of the molecule is CO[Si](C)(OC)C(C)(C)Cc1ccccc1. The van der Waals surface area contributed by atoms with Crippen molar-refractivity contribution in [3.63, 3.8) is 0 Å². The van der Waals surface area contributed by atoms with E-state index < -0.39 is 8.56 Å². The summed E-state index contributed by atoms with van der Waals surface area (Å²) in [5, 5.41) is 0.0534. The lowest BCUT2D eigenvalue weighted by atomic mass is 10.0. The molecule has 2 nitrogen and oxygen atoms in total. The van der Waals surface area contributed by atoms with Gasteiger partial charge in [0, 0.05) is 19.3 Å². The summed E-state index contributed by atoms with van der Waals surface area (Å²) < 4.78 is 11.3. The van der Waals surface area contributed by atoms with Crippen molar-refractivity contribution in [3.8, 4) is 0 Å². The van der Waals surface area contributed by atoms with Crippen molar-refractivity contribution in [1.82, 2.24) is 0 Å². The van der Waals surface area contributed by atoms with Crippen LogP contribution in [-0.2, 0) is 15.3 Å². The van der Waals surface area contributed by atoms with Crippen molar-refractivity contribution >= 4 is 8.56 Å². The summed E-state index contributed by atoms with van der Waals surface area (Å²) >= 11 is 0. The summed E-state index contributed by atoms with van der Waals surface area (Å²) in [4.78, 5) is 0. The minimum Gasteiger partial charge on any atom is -0.397 e. The fourth-order valence-corrected chi connectivity index (χ4v) is 3.70. The van der Waals surface area contributed by atoms with E-state index in [0.29, 0.717) is 0 Å². The van der Waals surface area contributed by atoms with Crippen LogP contribution in [0.4, 0.5) is 0 Å². The Hall–Kier alpha value is -0.643. The predicted molar refractivity (Wildman–Crippen MR) is 69.8 cm³/mol. The van der Waals surface area contributed by atoms with Gasteiger partial charge in [0.25, 0.3) is 0 Å². The average molecular weight is 238 g/mol. The Balaban J connectivity index is 2.86. The molecule has 0 saturated heterocycles. The fourth-order valence-electron chi connectivity index (χ4n) is 1.90. The number of hydrogen-bond donors (Lipinski definition) is 0. The van der Waals surface area contributed by atoms with Crippen molar-refractivity contribution in [2.24, 2.45) is 0 Å². The van der Waals surface area contributed by atoms with E-state index in [9.17, 15) is 0 Å². The zero-order valence-corrected chi connectivity index (χ0v) is 11.9. The van der Waals surface area contributed by atoms with Gasteiger partial charge in [0.1, 0.15) is 0 Å². The lowest BCUT2D eigenvalue weighted by molar-refractivity contribution is 0.217. The summed E-state index contributed by atoms with van der Waals surface area (Å²) in [7, 11) is 1.40. The largest absolute Gasteiger partial charge is 0.397 e. The monoisotopic (exact) mass is 238 g/mol.